The molecule has 0 saturated carbocycles. The molecular formula is C23H30N2O4. The molecule has 29 heavy (non-hydrogen) atoms. The number of nitrogens with one attached hydrogen (secondary N) is 1. The molecule has 0 aliphatic carbocycles. The first kappa shape index (κ1) is 21.1. The van der Waals surface area contributed by atoms with Gasteiger partial charge in [0.25, 0.3) is 5.91 Å². The van der Waals surface area contributed by atoms with Crippen molar-refractivity contribution >= 4 is 5.91 Å². The molecule has 1 heterocycles. The summed E-state index contributed by atoms with van der Waals surface area (Å²) in [6, 6.07) is 15.5. The van der Waals surface area contributed by atoms with Crippen LogP contribution >= 0.6 is 0 Å². The van der Waals surface area contributed by atoms with E-state index in [4.69, 9.17) is 14.2 Å². The number of fused-ring (bicyclic) bond motifs is 1. The summed E-state index contributed by atoms with van der Waals surface area (Å²) in [5, 5.41) is 2.89. The van der Waals surface area contributed by atoms with E-state index in [1.807, 2.05) is 30.3 Å². The van der Waals surface area contributed by atoms with Crippen molar-refractivity contribution in [1.82, 2.24) is 10.2 Å². The summed E-state index contributed by atoms with van der Waals surface area (Å²) in [4.78, 5) is 14.8. The molecule has 0 radical (unpaired) electrons. The molecule has 2 aromatic carbocycles. The lowest BCUT2D eigenvalue weighted by molar-refractivity contribution is 0.0909. The van der Waals surface area contributed by atoms with Crippen LogP contribution in [-0.4, -0.2) is 57.4 Å². The van der Waals surface area contributed by atoms with Crippen LogP contribution in [0.5, 0.6) is 11.5 Å². The third-order valence-corrected chi connectivity index (χ3v) is 4.88. The SMILES string of the molecule is COc1cccc(CN2CCCCOCCNC(=O)c3ccccc3OCC2)c1. The molecule has 1 aliphatic rings. The summed E-state index contributed by atoms with van der Waals surface area (Å²) in [6.07, 6.45) is 2.04. The molecule has 1 aliphatic heterocycles. The molecule has 0 spiro atoms. The average Bonchev–Trinajstić information content (AvgIpc) is 2.75. The summed E-state index contributed by atoms with van der Waals surface area (Å²) in [6.45, 7) is 4.79. The van der Waals surface area contributed by atoms with Gasteiger partial charge in [-0.2, -0.15) is 0 Å². The Morgan fingerprint density at radius 3 is 2.83 bits per heavy atom. The Balaban J connectivity index is 1.68. The van der Waals surface area contributed by atoms with Crippen LogP contribution in [0.25, 0.3) is 0 Å². The van der Waals surface area contributed by atoms with E-state index in [1.54, 1.807) is 13.2 Å². The third-order valence-electron chi connectivity index (χ3n) is 4.88. The lowest BCUT2D eigenvalue weighted by atomic mass is 10.2. The van der Waals surface area contributed by atoms with Gasteiger partial charge in [-0.1, -0.05) is 24.3 Å². The van der Waals surface area contributed by atoms with Crippen molar-refractivity contribution in [3.8, 4) is 11.5 Å². The van der Waals surface area contributed by atoms with Gasteiger partial charge >= 0.3 is 0 Å². The van der Waals surface area contributed by atoms with Gasteiger partial charge in [0.15, 0.2) is 0 Å². The number of methoxy groups -OCH3 is 1. The summed E-state index contributed by atoms with van der Waals surface area (Å²) >= 11 is 0. The van der Waals surface area contributed by atoms with Crippen molar-refractivity contribution in [2.24, 2.45) is 0 Å². The van der Waals surface area contributed by atoms with Gasteiger partial charge in [0.2, 0.25) is 0 Å². The van der Waals surface area contributed by atoms with Gasteiger partial charge in [-0.15, -0.1) is 0 Å². The Morgan fingerprint density at radius 1 is 1.03 bits per heavy atom. The van der Waals surface area contributed by atoms with Gasteiger partial charge in [0, 0.05) is 26.2 Å². The van der Waals surface area contributed by atoms with Crippen LogP contribution in [-0.2, 0) is 11.3 Å². The minimum Gasteiger partial charge on any atom is -0.497 e. The Morgan fingerprint density at radius 2 is 1.93 bits per heavy atom. The maximum atomic E-state index is 12.4. The fourth-order valence-corrected chi connectivity index (χ4v) is 3.34. The highest BCUT2D eigenvalue weighted by Gasteiger charge is 2.13. The number of ether oxygens (including phenoxy) is 3. The molecule has 0 saturated heterocycles. The van der Waals surface area contributed by atoms with E-state index in [0.29, 0.717) is 37.7 Å². The monoisotopic (exact) mass is 398 g/mol. The zero-order valence-electron chi connectivity index (χ0n) is 17.1. The first-order valence-electron chi connectivity index (χ1n) is 10.2. The standard InChI is InChI=1S/C23H30N2O4/c1-27-20-8-6-7-19(17-20)18-25-12-4-5-14-28-15-11-24-23(26)21-9-2-3-10-22(21)29-16-13-25/h2-3,6-10,17H,4-5,11-16,18H2,1H3,(H,24,26). The molecule has 6 nitrogen and oxygen atoms in total. The third kappa shape index (κ3) is 6.76. The van der Waals surface area contributed by atoms with Gasteiger partial charge in [0.05, 0.1) is 19.3 Å². The molecule has 1 N–H and O–H groups in total. The van der Waals surface area contributed by atoms with Crippen molar-refractivity contribution in [1.29, 1.82) is 0 Å². The van der Waals surface area contributed by atoms with Crippen LogP contribution in [0.1, 0.15) is 28.8 Å². The Kier molecular flexibility index (Phi) is 8.34. The second-order valence-corrected chi connectivity index (χ2v) is 7.05. The van der Waals surface area contributed by atoms with Gasteiger partial charge in [0.1, 0.15) is 18.1 Å². The zero-order chi connectivity index (χ0) is 20.3. The quantitative estimate of drug-likeness (QED) is 0.861. The number of hydrogen-bond acceptors (Lipinski definition) is 5. The van der Waals surface area contributed by atoms with E-state index in [9.17, 15) is 4.79 Å². The maximum absolute atomic E-state index is 12.4. The van der Waals surface area contributed by atoms with E-state index >= 15 is 0 Å². The molecule has 0 fully saturated rings. The number of carbonyl (C=O) groups excluding carboxylic acids is 1. The molecule has 3 rings (SSSR count). The predicted molar refractivity (Wildman–Crippen MR) is 113 cm³/mol. The number of nitrogens with zero attached hydrogens (tertiary/aromatic N) is 1. The highest BCUT2D eigenvalue weighted by atomic mass is 16.5. The molecule has 0 unspecified atom stereocenters. The molecule has 1 amide bonds. The molecule has 156 valence electrons. The average molecular weight is 399 g/mol. The molecule has 0 atom stereocenters. The van der Waals surface area contributed by atoms with E-state index in [0.717, 1.165) is 38.2 Å². The Bertz CT molecular complexity index is 781. The van der Waals surface area contributed by atoms with Crippen molar-refractivity contribution in [3.63, 3.8) is 0 Å². The highest BCUT2D eigenvalue weighted by molar-refractivity contribution is 5.96. The number of rotatable bonds is 3. The molecule has 0 aromatic heterocycles. The topological polar surface area (TPSA) is 60.0 Å². The van der Waals surface area contributed by atoms with Crippen LogP contribution in [0.4, 0.5) is 0 Å². The lowest BCUT2D eigenvalue weighted by Crippen LogP contribution is -2.30. The van der Waals surface area contributed by atoms with E-state index in [2.05, 4.69) is 22.3 Å². The van der Waals surface area contributed by atoms with E-state index < -0.39 is 0 Å². The number of carbonyl (C=O) groups is 1. The Labute approximate surface area is 172 Å². The molecular weight excluding hydrogens is 368 g/mol. The predicted octanol–water partition coefficient (Wildman–Crippen LogP) is 3.12. The summed E-state index contributed by atoms with van der Waals surface area (Å²) in [5.41, 5.74) is 1.76. The summed E-state index contributed by atoms with van der Waals surface area (Å²) < 4.78 is 17.0. The van der Waals surface area contributed by atoms with E-state index in [-0.39, 0.29) is 5.91 Å². The number of amides is 1. The maximum Gasteiger partial charge on any atom is 0.255 e. The van der Waals surface area contributed by atoms with Crippen LogP contribution in [0, 0.1) is 0 Å². The van der Waals surface area contributed by atoms with Crippen molar-refractivity contribution in [2.75, 3.05) is 46.6 Å². The van der Waals surface area contributed by atoms with Crippen molar-refractivity contribution < 1.29 is 19.0 Å². The second-order valence-electron chi connectivity index (χ2n) is 7.05. The van der Waals surface area contributed by atoms with Gasteiger partial charge in [-0.25, -0.2) is 0 Å². The van der Waals surface area contributed by atoms with Crippen LogP contribution in [0.15, 0.2) is 48.5 Å². The van der Waals surface area contributed by atoms with Crippen molar-refractivity contribution in [2.45, 2.75) is 19.4 Å². The largest absolute Gasteiger partial charge is 0.497 e. The zero-order valence-corrected chi connectivity index (χ0v) is 17.1. The van der Waals surface area contributed by atoms with Crippen LogP contribution < -0.4 is 14.8 Å². The first-order chi connectivity index (χ1) is 14.3. The van der Waals surface area contributed by atoms with Gasteiger partial charge in [-0.3, -0.25) is 9.69 Å². The fraction of sp³-hybridized carbons (Fsp3) is 0.435. The second kappa shape index (κ2) is 11.4. The fourth-order valence-electron chi connectivity index (χ4n) is 3.34. The van der Waals surface area contributed by atoms with Gasteiger partial charge < -0.3 is 19.5 Å². The molecule has 0 bridgehead atoms. The number of benzene rings is 2. The normalized spacial score (nSPS) is 17.2. The Hall–Kier alpha value is -2.57. The minimum absolute atomic E-state index is 0.132. The number of para-hydroxylation sites is 1. The highest BCUT2D eigenvalue weighted by Crippen LogP contribution is 2.19. The minimum atomic E-state index is -0.132. The number of hydrogen-bond donors (Lipinski definition) is 1. The van der Waals surface area contributed by atoms with E-state index in [1.165, 1.54) is 5.56 Å². The van der Waals surface area contributed by atoms with Crippen LogP contribution in [0.3, 0.4) is 0 Å². The lowest BCUT2D eigenvalue weighted by Gasteiger charge is -2.23. The van der Waals surface area contributed by atoms with Crippen molar-refractivity contribution in [3.05, 3.63) is 59.7 Å². The first-order valence-corrected chi connectivity index (χ1v) is 10.2. The summed E-state index contributed by atoms with van der Waals surface area (Å²) in [5.74, 6) is 1.35. The van der Waals surface area contributed by atoms with Gasteiger partial charge in [-0.05, 0) is 49.2 Å². The smallest absolute Gasteiger partial charge is 0.255 e. The summed E-state index contributed by atoms with van der Waals surface area (Å²) in [7, 11) is 1.69. The van der Waals surface area contributed by atoms with Crippen LogP contribution in [0.2, 0.25) is 0 Å². The molecule has 6 heteroatoms. The molecule has 2 aromatic rings.